The average molecular weight is 397 g/mol. The maximum atomic E-state index is 10.5. The molecule has 1 N–H and O–H groups in total. The van der Waals surface area contributed by atoms with Crippen LogP contribution in [0.1, 0.15) is 155 Å². The van der Waals surface area contributed by atoms with E-state index in [-0.39, 0.29) is 0 Å². The van der Waals surface area contributed by atoms with Crippen LogP contribution in [-0.2, 0) is 4.79 Å². The molecule has 0 spiro atoms. The number of rotatable bonds is 23. The highest BCUT2D eigenvalue weighted by molar-refractivity contribution is 5.66. The van der Waals surface area contributed by atoms with Gasteiger partial charge >= 0.3 is 5.97 Å². The zero-order chi connectivity index (χ0) is 20.7. The summed E-state index contributed by atoms with van der Waals surface area (Å²) in [7, 11) is 0. The molecule has 2 heteroatoms. The van der Waals surface area contributed by atoms with E-state index in [1.165, 1.54) is 122 Å². The highest BCUT2D eigenvalue weighted by atomic mass is 16.4. The van der Waals surface area contributed by atoms with E-state index in [1.807, 2.05) is 0 Å². The molecule has 1 atom stereocenters. The molecular weight excluding hydrogens is 344 g/mol. The summed E-state index contributed by atoms with van der Waals surface area (Å²) in [6, 6.07) is 0. The van der Waals surface area contributed by atoms with Crippen molar-refractivity contribution in [2.24, 2.45) is 5.92 Å². The third-order valence-corrected chi connectivity index (χ3v) is 6.14. The topological polar surface area (TPSA) is 37.3 Å². The molecule has 0 bridgehead atoms. The van der Waals surface area contributed by atoms with Gasteiger partial charge in [-0.1, -0.05) is 142 Å². The van der Waals surface area contributed by atoms with Crippen molar-refractivity contribution in [2.75, 3.05) is 0 Å². The zero-order valence-electron chi connectivity index (χ0n) is 19.5. The summed E-state index contributed by atoms with van der Waals surface area (Å²) < 4.78 is 0. The lowest BCUT2D eigenvalue weighted by Gasteiger charge is -2.10. The van der Waals surface area contributed by atoms with Gasteiger partial charge in [0.2, 0.25) is 0 Å². The normalized spacial score (nSPS) is 12.4. The van der Waals surface area contributed by atoms with Crippen LogP contribution >= 0.6 is 0 Å². The fourth-order valence-electron chi connectivity index (χ4n) is 4.14. The van der Waals surface area contributed by atoms with Crippen molar-refractivity contribution in [2.45, 2.75) is 155 Å². The molecule has 0 radical (unpaired) electrons. The Kier molecular flexibility index (Phi) is 22.3. The van der Waals surface area contributed by atoms with Crippen molar-refractivity contribution < 1.29 is 9.90 Å². The Morgan fingerprint density at radius 3 is 1.25 bits per heavy atom. The summed E-state index contributed by atoms with van der Waals surface area (Å²) in [5.41, 5.74) is 0. The lowest BCUT2D eigenvalue weighted by atomic mass is 9.96. The second-order valence-electron chi connectivity index (χ2n) is 9.19. The Morgan fingerprint density at radius 2 is 0.893 bits per heavy atom. The van der Waals surface area contributed by atoms with Gasteiger partial charge in [0.15, 0.2) is 0 Å². The molecular formula is C26H52O2. The van der Waals surface area contributed by atoms with Crippen LogP contribution in [0.4, 0.5) is 0 Å². The molecule has 168 valence electrons. The molecule has 0 aromatic rings. The molecule has 0 aliphatic carbocycles. The zero-order valence-corrected chi connectivity index (χ0v) is 19.5. The largest absolute Gasteiger partial charge is 0.481 e. The molecule has 0 aliphatic heterocycles. The summed E-state index contributed by atoms with van der Waals surface area (Å²) in [5.74, 6) is 0.0424. The van der Waals surface area contributed by atoms with Crippen LogP contribution in [0.15, 0.2) is 0 Å². The van der Waals surface area contributed by atoms with Gasteiger partial charge in [-0.3, -0.25) is 4.79 Å². The smallest absolute Gasteiger partial charge is 0.303 e. The summed E-state index contributed by atoms with van der Waals surface area (Å²) in [4.78, 5) is 10.5. The minimum Gasteiger partial charge on any atom is -0.481 e. The van der Waals surface area contributed by atoms with Gasteiger partial charge in [-0.2, -0.15) is 0 Å². The fraction of sp³-hybridized carbons (Fsp3) is 0.962. The lowest BCUT2D eigenvalue weighted by Crippen LogP contribution is -1.99. The first kappa shape index (κ1) is 27.5. The molecule has 0 rings (SSSR count). The first-order valence-corrected chi connectivity index (χ1v) is 12.9. The third kappa shape index (κ3) is 23.5. The number of hydrogen-bond donors (Lipinski definition) is 1. The molecule has 0 amide bonds. The van der Waals surface area contributed by atoms with Crippen molar-refractivity contribution in [1.82, 2.24) is 0 Å². The van der Waals surface area contributed by atoms with E-state index < -0.39 is 5.97 Å². The van der Waals surface area contributed by atoms with Gasteiger partial charge < -0.3 is 5.11 Å². The number of carbonyl (C=O) groups is 1. The van der Waals surface area contributed by atoms with Crippen LogP contribution in [0.2, 0.25) is 0 Å². The molecule has 0 aliphatic rings. The van der Waals surface area contributed by atoms with E-state index in [4.69, 9.17) is 5.11 Å². The summed E-state index contributed by atoms with van der Waals surface area (Å²) in [5, 5.41) is 8.67. The Hall–Kier alpha value is -0.530. The number of unbranched alkanes of at least 4 members (excludes halogenated alkanes) is 17. The molecule has 2 nitrogen and oxygen atoms in total. The van der Waals surface area contributed by atoms with E-state index in [0.717, 1.165) is 12.8 Å². The van der Waals surface area contributed by atoms with Crippen LogP contribution < -0.4 is 0 Å². The van der Waals surface area contributed by atoms with E-state index in [1.54, 1.807) is 0 Å². The highest BCUT2D eigenvalue weighted by Crippen LogP contribution is 2.18. The molecule has 0 aromatic carbocycles. The quantitative estimate of drug-likeness (QED) is 0.175. The van der Waals surface area contributed by atoms with E-state index in [0.29, 0.717) is 12.3 Å². The molecule has 0 saturated carbocycles. The van der Waals surface area contributed by atoms with Crippen molar-refractivity contribution in [3.05, 3.63) is 0 Å². The van der Waals surface area contributed by atoms with Gasteiger partial charge in [-0.25, -0.2) is 0 Å². The maximum Gasteiger partial charge on any atom is 0.303 e. The SMILES string of the molecule is CCCCCCCCCCCCCCCCCCCC[C@H](C)CCCC(=O)O. The molecule has 0 aromatic heterocycles. The highest BCUT2D eigenvalue weighted by Gasteiger charge is 2.04. The summed E-state index contributed by atoms with van der Waals surface area (Å²) >= 11 is 0. The van der Waals surface area contributed by atoms with Gasteiger partial charge in [0, 0.05) is 6.42 Å². The fourth-order valence-corrected chi connectivity index (χ4v) is 4.14. The third-order valence-electron chi connectivity index (χ3n) is 6.14. The summed E-state index contributed by atoms with van der Waals surface area (Å²) in [6.45, 7) is 4.56. The van der Waals surface area contributed by atoms with E-state index in [2.05, 4.69) is 13.8 Å². The molecule has 28 heavy (non-hydrogen) atoms. The lowest BCUT2D eigenvalue weighted by molar-refractivity contribution is -0.137. The second kappa shape index (κ2) is 22.8. The Balaban J connectivity index is 3.09. The van der Waals surface area contributed by atoms with Gasteiger partial charge in [0.1, 0.15) is 0 Å². The van der Waals surface area contributed by atoms with Crippen LogP contribution in [0, 0.1) is 5.92 Å². The molecule has 0 unspecified atom stereocenters. The van der Waals surface area contributed by atoms with Crippen LogP contribution in [0.3, 0.4) is 0 Å². The van der Waals surface area contributed by atoms with E-state index in [9.17, 15) is 4.79 Å². The average Bonchev–Trinajstić information content (AvgIpc) is 2.66. The van der Waals surface area contributed by atoms with Gasteiger partial charge in [-0.05, 0) is 12.3 Å². The van der Waals surface area contributed by atoms with Crippen LogP contribution in [0.25, 0.3) is 0 Å². The molecule has 0 fully saturated rings. The van der Waals surface area contributed by atoms with Gasteiger partial charge in [-0.15, -0.1) is 0 Å². The monoisotopic (exact) mass is 396 g/mol. The molecule has 0 heterocycles. The Morgan fingerprint density at radius 1 is 0.571 bits per heavy atom. The number of aliphatic carboxylic acids is 1. The standard InChI is InChI=1S/C26H52O2/c1-3-4-5-6-7-8-9-10-11-12-13-14-15-16-17-18-19-20-22-25(2)23-21-24-26(27)28/h25H,3-24H2,1-2H3,(H,27,28)/t25-/m0/s1. The Bertz CT molecular complexity index is 314. The number of carboxylic acid groups (broad SMARTS) is 1. The maximum absolute atomic E-state index is 10.5. The minimum atomic E-state index is -0.652. The first-order chi connectivity index (χ1) is 13.7. The van der Waals surface area contributed by atoms with Crippen LogP contribution in [-0.4, -0.2) is 11.1 Å². The first-order valence-electron chi connectivity index (χ1n) is 12.9. The Labute approximate surface area is 177 Å². The van der Waals surface area contributed by atoms with Crippen LogP contribution in [0.5, 0.6) is 0 Å². The summed E-state index contributed by atoms with van der Waals surface area (Å²) in [6.07, 6.45) is 29.2. The van der Waals surface area contributed by atoms with Crippen molar-refractivity contribution in [3.8, 4) is 0 Å². The predicted octanol–water partition coefficient (Wildman–Crippen LogP) is 9.31. The van der Waals surface area contributed by atoms with E-state index >= 15 is 0 Å². The number of hydrogen-bond acceptors (Lipinski definition) is 1. The number of carboxylic acids is 1. The van der Waals surface area contributed by atoms with Crippen molar-refractivity contribution >= 4 is 5.97 Å². The second-order valence-corrected chi connectivity index (χ2v) is 9.19. The van der Waals surface area contributed by atoms with Gasteiger partial charge in [0.25, 0.3) is 0 Å². The minimum absolute atomic E-state index is 0.337. The van der Waals surface area contributed by atoms with Gasteiger partial charge in [0.05, 0.1) is 0 Å². The predicted molar refractivity (Wildman–Crippen MR) is 124 cm³/mol. The van der Waals surface area contributed by atoms with Crippen molar-refractivity contribution in [3.63, 3.8) is 0 Å². The molecule has 0 saturated heterocycles. The van der Waals surface area contributed by atoms with Crippen molar-refractivity contribution in [1.29, 1.82) is 0 Å².